The summed E-state index contributed by atoms with van der Waals surface area (Å²) in [5, 5.41) is -0.0105. The molecule has 102 valence electrons. The van der Waals surface area contributed by atoms with Gasteiger partial charge in [0.1, 0.15) is 11.6 Å². The second-order valence-electron chi connectivity index (χ2n) is 3.99. The molecule has 7 nitrogen and oxygen atoms in total. The van der Waals surface area contributed by atoms with Crippen LogP contribution in [0.3, 0.4) is 0 Å². The molecule has 2 aromatic heterocycles. The van der Waals surface area contributed by atoms with Gasteiger partial charge in [0, 0.05) is 12.7 Å². The molecule has 2 rings (SSSR count). The molecule has 0 aliphatic heterocycles. The van der Waals surface area contributed by atoms with Gasteiger partial charge in [0.25, 0.3) is 10.0 Å². The van der Waals surface area contributed by atoms with Gasteiger partial charge in [0.05, 0.1) is 11.9 Å². The lowest BCUT2D eigenvalue weighted by Gasteiger charge is -2.05. The third kappa shape index (κ3) is 2.84. The molecule has 0 amide bonds. The summed E-state index contributed by atoms with van der Waals surface area (Å²) >= 11 is 0. The van der Waals surface area contributed by atoms with Crippen molar-refractivity contribution in [1.29, 1.82) is 0 Å². The molecule has 0 fully saturated rings. The lowest BCUT2D eigenvalue weighted by molar-refractivity contribution is 0.598. The number of nitrogens with zero attached hydrogens (tertiary/aromatic N) is 3. The third-order valence-corrected chi connectivity index (χ3v) is 3.86. The summed E-state index contributed by atoms with van der Waals surface area (Å²) in [6, 6.07) is 3.07. The number of sulfonamides is 1. The van der Waals surface area contributed by atoms with Gasteiger partial charge in [-0.25, -0.2) is 9.97 Å². The quantitative estimate of drug-likeness (QED) is 0.870. The molecular weight excluding hydrogens is 266 g/mol. The second kappa shape index (κ2) is 4.88. The Morgan fingerprint density at radius 3 is 2.68 bits per heavy atom. The number of hydrogen-bond donors (Lipinski definition) is 2. The van der Waals surface area contributed by atoms with Crippen molar-refractivity contribution in [2.45, 2.75) is 25.4 Å². The molecule has 2 heterocycles. The van der Waals surface area contributed by atoms with Gasteiger partial charge in [-0.15, -0.1) is 0 Å². The van der Waals surface area contributed by atoms with E-state index in [1.165, 1.54) is 18.5 Å². The summed E-state index contributed by atoms with van der Waals surface area (Å²) in [4.78, 5) is 7.86. The number of pyridine rings is 1. The van der Waals surface area contributed by atoms with Crippen molar-refractivity contribution in [2.24, 2.45) is 0 Å². The highest BCUT2D eigenvalue weighted by Gasteiger charge is 2.19. The predicted molar refractivity (Wildman–Crippen MR) is 72.1 cm³/mol. The van der Waals surface area contributed by atoms with Gasteiger partial charge >= 0.3 is 0 Å². The van der Waals surface area contributed by atoms with Crippen LogP contribution >= 0.6 is 0 Å². The number of aryl methyl sites for hydroxylation is 2. The van der Waals surface area contributed by atoms with E-state index in [-0.39, 0.29) is 5.03 Å². The molecule has 0 unspecified atom stereocenters. The van der Waals surface area contributed by atoms with Gasteiger partial charge in [-0.3, -0.25) is 4.72 Å². The van der Waals surface area contributed by atoms with E-state index in [0.717, 1.165) is 0 Å². The van der Waals surface area contributed by atoms with Gasteiger partial charge in [0.2, 0.25) is 0 Å². The average molecular weight is 281 g/mol. The molecule has 2 aromatic rings. The van der Waals surface area contributed by atoms with Gasteiger partial charge in [0.15, 0.2) is 5.03 Å². The smallest absolute Gasteiger partial charge is 0.281 e. The van der Waals surface area contributed by atoms with Crippen LogP contribution in [0.25, 0.3) is 0 Å². The molecule has 0 radical (unpaired) electrons. The fraction of sp³-hybridized carbons (Fsp3) is 0.273. The molecular formula is C11H15N5O2S. The Morgan fingerprint density at radius 1 is 1.42 bits per heavy atom. The average Bonchev–Trinajstić information content (AvgIpc) is 2.74. The standard InChI is InChI=1S/C11H15N5O2S/c1-3-16-7-11(14-8(16)2)19(17,18)15-9-4-5-10(12)13-6-9/h4-7,15H,3H2,1-2H3,(H2,12,13). The van der Waals surface area contributed by atoms with Crippen molar-refractivity contribution in [1.82, 2.24) is 14.5 Å². The lowest BCUT2D eigenvalue weighted by Crippen LogP contribution is -2.13. The van der Waals surface area contributed by atoms with Gasteiger partial charge in [-0.2, -0.15) is 8.42 Å². The number of nitrogen functional groups attached to an aromatic ring is 1. The predicted octanol–water partition coefficient (Wildman–Crippen LogP) is 0.989. The van der Waals surface area contributed by atoms with E-state index in [9.17, 15) is 8.42 Å². The Balaban J connectivity index is 2.29. The molecule has 0 saturated heterocycles. The van der Waals surface area contributed by atoms with Gasteiger partial charge < -0.3 is 10.3 Å². The zero-order valence-corrected chi connectivity index (χ0v) is 11.5. The van der Waals surface area contributed by atoms with Crippen LogP contribution in [0.15, 0.2) is 29.6 Å². The molecule has 0 atom stereocenters. The third-order valence-electron chi connectivity index (χ3n) is 2.61. The second-order valence-corrected chi connectivity index (χ2v) is 5.62. The summed E-state index contributed by atoms with van der Waals surface area (Å²) in [7, 11) is -3.70. The van der Waals surface area contributed by atoms with Crippen molar-refractivity contribution in [3.8, 4) is 0 Å². The number of nitrogens with one attached hydrogen (secondary N) is 1. The summed E-state index contributed by atoms with van der Waals surface area (Å²) in [6.45, 7) is 4.34. The van der Waals surface area contributed by atoms with Crippen LogP contribution in [-0.4, -0.2) is 23.0 Å². The molecule has 19 heavy (non-hydrogen) atoms. The Kier molecular flexibility index (Phi) is 3.43. The van der Waals surface area contributed by atoms with E-state index in [1.807, 2.05) is 6.92 Å². The fourth-order valence-corrected chi connectivity index (χ4v) is 2.66. The van der Waals surface area contributed by atoms with Crippen molar-refractivity contribution in [3.05, 3.63) is 30.4 Å². The van der Waals surface area contributed by atoms with E-state index in [2.05, 4.69) is 14.7 Å². The maximum Gasteiger partial charge on any atom is 0.281 e. The van der Waals surface area contributed by atoms with Gasteiger partial charge in [-0.05, 0) is 26.0 Å². The Labute approximate surface area is 111 Å². The number of aromatic nitrogens is 3. The Hall–Kier alpha value is -2.09. The van der Waals surface area contributed by atoms with E-state index >= 15 is 0 Å². The molecule has 8 heteroatoms. The van der Waals surface area contributed by atoms with Crippen molar-refractivity contribution < 1.29 is 8.42 Å². The monoisotopic (exact) mass is 281 g/mol. The van der Waals surface area contributed by atoms with Crippen molar-refractivity contribution in [3.63, 3.8) is 0 Å². The number of nitrogens with two attached hydrogens (primary N) is 1. The summed E-state index contributed by atoms with van der Waals surface area (Å²) in [5.41, 5.74) is 5.78. The van der Waals surface area contributed by atoms with Crippen LogP contribution in [0.5, 0.6) is 0 Å². The molecule has 0 saturated carbocycles. The highest BCUT2D eigenvalue weighted by atomic mass is 32.2. The van der Waals surface area contributed by atoms with Crippen LogP contribution in [0.1, 0.15) is 12.7 Å². The summed E-state index contributed by atoms with van der Waals surface area (Å²) < 4.78 is 28.4. The van der Waals surface area contributed by atoms with Crippen LogP contribution in [0, 0.1) is 6.92 Å². The molecule has 0 bridgehead atoms. The van der Waals surface area contributed by atoms with Crippen LogP contribution in [0.4, 0.5) is 11.5 Å². The topological polar surface area (TPSA) is 103 Å². The lowest BCUT2D eigenvalue weighted by atomic mass is 10.4. The van der Waals surface area contributed by atoms with E-state index in [1.54, 1.807) is 17.6 Å². The van der Waals surface area contributed by atoms with E-state index < -0.39 is 10.0 Å². The normalized spacial score (nSPS) is 11.5. The first-order chi connectivity index (χ1) is 8.92. The van der Waals surface area contributed by atoms with Crippen LogP contribution < -0.4 is 10.5 Å². The molecule has 0 aliphatic carbocycles. The van der Waals surface area contributed by atoms with Crippen molar-refractivity contribution in [2.75, 3.05) is 10.5 Å². The first kappa shape index (κ1) is 13.3. The molecule has 0 aliphatic rings. The number of hydrogen-bond acceptors (Lipinski definition) is 5. The van der Waals surface area contributed by atoms with Crippen molar-refractivity contribution >= 4 is 21.5 Å². The number of anilines is 2. The zero-order chi connectivity index (χ0) is 14.0. The zero-order valence-electron chi connectivity index (χ0n) is 10.7. The summed E-state index contributed by atoms with van der Waals surface area (Å²) in [5.74, 6) is 0.979. The summed E-state index contributed by atoms with van der Waals surface area (Å²) in [6.07, 6.45) is 2.86. The highest BCUT2D eigenvalue weighted by Crippen LogP contribution is 2.15. The Bertz CT molecular complexity index is 676. The number of rotatable bonds is 4. The highest BCUT2D eigenvalue weighted by molar-refractivity contribution is 7.92. The first-order valence-electron chi connectivity index (χ1n) is 5.70. The van der Waals surface area contributed by atoms with E-state index in [4.69, 9.17) is 5.73 Å². The first-order valence-corrected chi connectivity index (χ1v) is 7.19. The Morgan fingerprint density at radius 2 is 2.16 bits per heavy atom. The molecule has 3 N–H and O–H groups in total. The van der Waals surface area contributed by atoms with E-state index in [0.29, 0.717) is 23.9 Å². The molecule has 0 spiro atoms. The minimum atomic E-state index is -3.70. The maximum atomic E-state index is 12.1. The molecule has 0 aromatic carbocycles. The minimum absolute atomic E-state index is 0.0105. The SMILES string of the molecule is CCn1cc(S(=O)(=O)Nc2ccc(N)nc2)nc1C. The maximum absolute atomic E-state index is 12.1. The van der Waals surface area contributed by atoms with Crippen LogP contribution in [0.2, 0.25) is 0 Å². The minimum Gasteiger partial charge on any atom is -0.384 e. The van der Waals surface area contributed by atoms with Gasteiger partial charge in [-0.1, -0.05) is 0 Å². The largest absolute Gasteiger partial charge is 0.384 e. The number of imidazole rings is 1. The fourth-order valence-electron chi connectivity index (χ4n) is 1.60. The van der Waals surface area contributed by atoms with Crippen LogP contribution in [-0.2, 0) is 16.6 Å².